The smallest absolute Gasteiger partial charge is 0.258 e. The van der Waals surface area contributed by atoms with Gasteiger partial charge in [-0.15, -0.1) is 0 Å². The van der Waals surface area contributed by atoms with Crippen LogP contribution in [-0.2, 0) is 13.0 Å². The number of ether oxygens (including phenoxy) is 2. The zero-order valence-electron chi connectivity index (χ0n) is 16.4. The lowest BCUT2D eigenvalue weighted by atomic mass is 9.99. The Balaban J connectivity index is 1.67. The Labute approximate surface area is 165 Å². The van der Waals surface area contributed by atoms with Crippen LogP contribution < -0.4 is 14.8 Å². The summed E-state index contributed by atoms with van der Waals surface area (Å²) in [6.07, 6.45) is 5.71. The molecule has 0 saturated carbocycles. The quantitative estimate of drug-likeness (QED) is 0.876. The van der Waals surface area contributed by atoms with Gasteiger partial charge in [0.15, 0.2) is 5.82 Å². The molecule has 1 saturated heterocycles. The lowest BCUT2D eigenvalue weighted by Crippen LogP contribution is -2.39. The first-order chi connectivity index (χ1) is 13.7. The summed E-state index contributed by atoms with van der Waals surface area (Å²) in [7, 11) is 3.17. The van der Waals surface area contributed by atoms with Crippen molar-refractivity contribution in [1.82, 2.24) is 20.2 Å². The van der Waals surface area contributed by atoms with Gasteiger partial charge in [0, 0.05) is 43.5 Å². The van der Waals surface area contributed by atoms with E-state index in [0.717, 1.165) is 55.9 Å². The number of likely N-dealkylation sites (tertiary alicyclic amines) is 1. The van der Waals surface area contributed by atoms with Gasteiger partial charge in [0.25, 0.3) is 5.91 Å². The van der Waals surface area contributed by atoms with E-state index in [9.17, 15) is 4.79 Å². The van der Waals surface area contributed by atoms with Gasteiger partial charge in [0.1, 0.15) is 11.5 Å². The summed E-state index contributed by atoms with van der Waals surface area (Å²) in [5.41, 5.74) is 2.76. The number of benzene rings is 1. The van der Waals surface area contributed by atoms with Crippen molar-refractivity contribution in [3.63, 3.8) is 0 Å². The minimum Gasteiger partial charge on any atom is -0.497 e. The number of rotatable bonds is 4. The molecule has 2 aromatic rings. The molecule has 2 aliphatic heterocycles. The molecule has 4 rings (SSSR count). The summed E-state index contributed by atoms with van der Waals surface area (Å²) < 4.78 is 10.7. The first kappa shape index (κ1) is 18.7. The maximum atomic E-state index is 13.4. The number of carbonyl (C=O) groups is 1. The molecule has 7 nitrogen and oxygen atoms in total. The Hall–Kier alpha value is -2.67. The van der Waals surface area contributed by atoms with Crippen LogP contribution in [0, 0.1) is 0 Å². The minimum absolute atomic E-state index is 0.0663. The third-order valence-electron chi connectivity index (χ3n) is 5.53. The average molecular weight is 382 g/mol. The van der Waals surface area contributed by atoms with Crippen molar-refractivity contribution < 1.29 is 14.3 Å². The Morgan fingerprint density at radius 3 is 2.96 bits per heavy atom. The molecule has 1 aromatic carbocycles. The zero-order valence-corrected chi connectivity index (χ0v) is 16.4. The molecular weight excluding hydrogens is 356 g/mol. The molecule has 1 fully saturated rings. The highest BCUT2D eigenvalue weighted by molar-refractivity contribution is 5.97. The predicted octanol–water partition coefficient (Wildman–Crippen LogP) is 2.51. The summed E-state index contributed by atoms with van der Waals surface area (Å²) in [6, 6.07) is 5.20. The van der Waals surface area contributed by atoms with E-state index in [0.29, 0.717) is 23.6 Å². The molecule has 0 radical (unpaired) electrons. The summed E-state index contributed by atoms with van der Waals surface area (Å²) in [4.78, 5) is 24.8. The highest BCUT2D eigenvalue weighted by atomic mass is 16.5. The van der Waals surface area contributed by atoms with Gasteiger partial charge >= 0.3 is 0 Å². The lowest BCUT2D eigenvalue weighted by molar-refractivity contribution is 0.0595. The molecule has 3 heterocycles. The summed E-state index contributed by atoms with van der Waals surface area (Å²) >= 11 is 0. The fourth-order valence-corrected chi connectivity index (χ4v) is 3.99. The number of methoxy groups -OCH3 is 2. The van der Waals surface area contributed by atoms with Crippen LogP contribution in [0.1, 0.15) is 52.7 Å². The average Bonchev–Trinajstić information content (AvgIpc) is 2.77. The number of carbonyl (C=O) groups excluding carboxylic acids is 1. The molecule has 7 heteroatoms. The second-order valence-corrected chi connectivity index (χ2v) is 7.20. The number of aromatic nitrogens is 2. The van der Waals surface area contributed by atoms with E-state index in [4.69, 9.17) is 14.5 Å². The van der Waals surface area contributed by atoms with Crippen molar-refractivity contribution >= 4 is 5.91 Å². The van der Waals surface area contributed by atoms with Crippen molar-refractivity contribution in [3.8, 4) is 11.5 Å². The normalized spacial score (nSPS) is 19.1. The van der Waals surface area contributed by atoms with Crippen LogP contribution >= 0.6 is 0 Å². The van der Waals surface area contributed by atoms with Crippen molar-refractivity contribution in [1.29, 1.82) is 0 Å². The lowest BCUT2D eigenvalue weighted by Gasteiger charge is -2.35. The Kier molecular flexibility index (Phi) is 5.43. The third-order valence-corrected chi connectivity index (χ3v) is 5.53. The van der Waals surface area contributed by atoms with E-state index in [-0.39, 0.29) is 11.9 Å². The number of piperidine rings is 1. The van der Waals surface area contributed by atoms with Crippen LogP contribution in [0.2, 0.25) is 0 Å². The van der Waals surface area contributed by atoms with Gasteiger partial charge < -0.3 is 19.7 Å². The number of hydrogen-bond acceptors (Lipinski definition) is 6. The van der Waals surface area contributed by atoms with Gasteiger partial charge in [-0.05, 0) is 37.5 Å². The Morgan fingerprint density at radius 2 is 2.14 bits per heavy atom. The van der Waals surface area contributed by atoms with E-state index in [2.05, 4.69) is 10.3 Å². The highest BCUT2D eigenvalue weighted by Gasteiger charge is 2.32. The predicted molar refractivity (Wildman–Crippen MR) is 105 cm³/mol. The van der Waals surface area contributed by atoms with Crippen LogP contribution in [0.25, 0.3) is 0 Å². The van der Waals surface area contributed by atoms with E-state index in [1.807, 2.05) is 11.1 Å². The highest BCUT2D eigenvalue weighted by Crippen LogP contribution is 2.33. The number of hydrogen-bond donors (Lipinski definition) is 1. The number of amides is 1. The van der Waals surface area contributed by atoms with E-state index in [1.165, 1.54) is 0 Å². The number of nitrogens with zero attached hydrogens (tertiary/aromatic N) is 3. The topological polar surface area (TPSA) is 76.6 Å². The molecule has 1 atom stereocenters. The summed E-state index contributed by atoms with van der Waals surface area (Å²) in [5, 5.41) is 3.34. The van der Waals surface area contributed by atoms with E-state index >= 15 is 0 Å². The van der Waals surface area contributed by atoms with Crippen molar-refractivity contribution in [2.24, 2.45) is 0 Å². The second kappa shape index (κ2) is 8.14. The fourth-order valence-electron chi connectivity index (χ4n) is 3.99. The molecule has 1 N–H and O–H groups in total. The number of fused-ring (bicyclic) bond motifs is 1. The minimum atomic E-state index is -0.114. The fraction of sp³-hybridized carbons (Fsp3) is 0.476. The summed E-state index contributed by atoms with van der Waals surface area (Å²) in [5.74, 6) is 1.86. The molecule has 0 spiro atoms. The largest absolute Gasteiger partial charge is 0.497 e. The molecule has 2 aliphatic rings. The van der Waals surface area contributed by atoms with Crippen molar-refractivity contribution in [3.05, 3.63) is 47.0 Å². The van der Waals surface area contributed by atoms with Gasteiger partial charge in [-0.1, -0.05) is 0 Å². The van der Waals surface area contributed by atoms with Crippen LogP contribution in [0.4, 0.5) is 0 Å². The van der Waals surface area contributed by atoms with Crippen molar-refractivity contribution in [2.75, 3.05) is 27.3 Å². The van der Waals surface area contributed by atoms with Crippen LogP contribution in [0.5, 0.6) is 11.5 Å². The summed E-state index contributed by atoms with van der Waals surface area (Å²) in [6.45, 7) is 2.42. The number of nitrogens with one attached hydrogen (secondary N) is 1. The standard InChI is InChI=1S/C21H26N4O3/c1-27-15-6-7-19(28-2)16(11-15)21(26)25-10-4-3-5-18(25)20-23-13-14-12-22-9-8-17(14)24-20/h6-7,11,13,18,22H,3-5,8-10,12H2,1-2H3/t18-/m0/s1. The molecule has 28 heavy (non-hydrogen) atoms. The third kappa shape index (κ3) is 3.54. The zero-order chi connectivity index (χ0) is 19.5. The van der Waals surface area contributed by atoms with Crippen molar-refractivity contribution in [2.45, 2.75) is 38.3 Å². The first-order valence-corrected chi connectivity index (χ1v) is 9.79. The monoisotopic (exact) mass is 382 g/mol. The molecular formula is C21H26N4O3. The van der Waals surface area contributed by atoms with Gasteiger partial charge in [0.05, 0.1) is 25.8 Å². The van der Waals surface area contributed by atoms with E-state index < -0.39 is 0 Å². The first-order valence-electron chi connectivity index (χ1n) is 9.79. The molecule has 0 bridgehead atoms. The molecule has 1 aromatic heterocycles. The van der Waals surface area contributed by atoms with Crippen LogP contribution in [-0.4, -0.2) is 48.1 Å². The van der Waals surface area contributed by atoms with Gasteiger partial charge in [-0.2, -0.15) is 0 Å². The second-order valence-electron chi connectivity index (χ2n) is 7.20. The molecule has 0 aliphatic carbocycles. The molecule has 0 unspecified atom stereocenters. The molecule has 1 amide bonds. The van der Waals surface area contributed by atoms with Gasteiger partial charge in [0.2, 0.25) is 0 Å². The molecule has 148 valence electrons. The van der Waals surface area contributed by atoms with Gasteiger partial charge in [-0.25, -0.2) is 9.97 Å². The van der Waals surface area contributed by atoms with E-state index in [1.54, 1.807) is 32.4 Å². The Bertz CT molecular complexity index is 871. The van der Waals surface area contributed by atoms with Crippen LogP contribution in [0.15, 0.2) is 24.4 Å². The maximum Gasteiger partial charge on any atom is 0.258 e. The SMILES string of the molecule is COc1ccc(OC)c(C(=O)N2CCCC[C@H]2c2ncc3c(n2)CCNC3)c1. The van der Waals surface area contributed by atoms with Crippen LogP contribution in [0.3, 0.4) is 0 Å². The van der Waals surface area contributed by atoms with Gasteiger partial charge in [-0.3, -0.25) is 4.79 Å². The Morgan fingerprint density at radius 1 is 1.25 bits per heavy atom. The maximum absolute atomic E-state index is 13.4.